The van der Waals surface area contributed by atoms with Crippen LogP contribution in [0, 0.1) is 17.5 Å². The molecule has 7 heavy (non-hydrogen) atoms. The molecule has 0 saturated heterocycles. The second-order valence-electron chi connectivity index (χ2n) is 1.03. The lowest BCUT2D eigenvalue weighted by atomic mass is 10.6. The van der Waals surface area contributed by atoms with Crippen LogP contribution in [0.1, 0.15) is 0 Å². The van der Waals surface area contributed by atoms with Gasteiger partial charge >= 0.3 is 0 Å². The molecular weight excluding hydrogens is 92.1 g/mol. The topological polar surface area (TPSA) is 45.0 Å². The normalized spacial score (nSPS) is 16.1. The molecule has 0 fully saturated rings. The molecule has 1 aliphatic rings. The first-order valence-corrected chi connectivity index (χ1v) is 1.82. The van der Waals surface area contributed by atoms with Gasteiger partial charge in [0, 0.05) is 0 Å². The maximum atomic E-state index is 8.05. The number of nitriles is 1. The summed E-state index contributed by atoms with van der Waals surface area (Å²) < 4.78 is 4.64. The molecule has 35 valence electrons. The molecule has 0 unspecified atom stereocenters. The highest BCUT2D eigenvalue weighted by molar-refractivity contribution is 5.10. The van der Waals surface area contributed by atoms with E-state index in [1.165, 1.54) is 0 Å². The fourth-order valence-electron chi connectivity index (χ4n) is 0.321. The minimum absolute atomic E-state index is 0.236. The molecule has 1 N–H and O–H groups in total. The average Bonchev–Trinajstić information content (AvgIpc) is 2.14. The summed E-state index contributed by atoms with van der Waals surface area (Å²) in [5.74, 6) is 0.236. The van der Waals surface area contributed by atoms with E-state index in [9.17, 15) is 0 Å². The van der Waals surface area contributed by atoms with Gasteiger partial charge in [-0.3, -0.25) is 0 Å². The number of hydrogen-bond donors (Lipinski definition) is 1. The summed E-state index contributed by atoms with van der Waals surface area (Å²) in [4.78, 5) is 0. The van der Waals surface area contributed by atoms with Crippen molar-refractivity contribution in [3.8, 4) is 6.07 Å². The minimum atomic E-state index is 0.236. The molecule has 1 rings (SSSR count). The maximum absolute atomic E-state index is 8.05. The first-order chi connectivity index (χ1) is 3.43. The van der Waals surface area contributed by atoms with E-state index in [2.05, 4.69) is 16.3 Å². The third-order valence-corrected chi connectivity index (χ3v) is 0.592. The summed E-state index contributed by atoms with van der Waals surface area (Å²) >= 11 is 0. The van der Waals surface area contributed by atoms with Gasteiger partial charge < -0.3 is 10.1 Å². The van der Waals surface area contributed by atoms with E-state index in [1.54, 1.807) is 6.07 Å². The smallest absolute Gasteiger partial charge is 0.224 e. The van der Waals surface area contributed by atoms with Crippen molar-refractivity contribution in [1.29, 1.82) is 5.26 Å². The van der Waals surface area contributed by atoms with E-state index in [-0.39, 0.29) is 5.76 Å². The predicted molar refractivity (Wildman–Crippen MR) is 21.5 cm³/mol. The van der Waals surface area contributed by atoms with Crippen molar-refractivity contribution in [2.24, 2.45) is 0 Å². The van der Waals surface area contributed by atoms with Crippen LogP contribution in [0.25, 0.3) is 0 Å². The van der Waals surface area contributed by atoms with Crippen LogP contribution in [0.3, 0.4) is 0 Å². The van der Waals surface area contributed by atoms with Crippen molar-refractivity contribution in [3.05, 3.63) is 12.0 Å². The van der Waals surface area contributed by atoms with Gasteiger partial charge in [0.15, 0.2) is 6.73 Å². The fourth-order valence-corrected chi connectivity index (χ4v) is 0.321. The van der Waals surface area contributed by atoms with E-state index in [4.69, 9.17) is 5.26 Å². The van der Waals surface area contributed by atoms with E-state index < -0.39 is 0 Å². The summed E-state index contributed by atoms with van der Waals surface area (Å²) in [5.41, 5.74) is 0. The average molecular weight is 95.1 g/mol. The van der Waals surface area contributed by atoms with Crippen molar-refractivity contribution in [3.63, 3.8) is 0 Å². The first kappa shape index (κ1) is 4.00. The molecule has 3 nitrogen and oxygen atoms in total. The van der Waals surface area contributed by atoms with Crippen LogP contribution in [0.2, 0.25) is 0 Å². The van der Waals surface area contributed by atoms with Crippen LogP contribution in [0.5, 0.6) is 0 Å². The Labute approximate surface area is 41.2 Å². The Morgan fingerprint density at radius 2 is 2.86 bits per heavy atom. The monoisotopic (exact) mass is 95.0 g/mol. The number of rotatable bonds is 0. The Morgan fingerprint density at radius 1 is 2.00 bits per heavy atom. The standard InChI is InChI=1S/C4H3N2O/c5-1-4-2-6-3-7-4/h6H,3H2. The van der Waals surface area contributed by atoms with Crippen molar-refractivity contribution in [2.75, 3.05) is 6.73 Å². The van der Waals surface area contributed by atoms with Gasteiger partial charge in [0.1, 0.15) is 12.3 Å². The van der Waals surface area contributed by atoms with Crippen LogP contribution >= 0.6 is 0 Å². The predicted octanol–water partition coefficient (Wildman–Crippen LogP) is -0.268. The lowest BCUT2D eigenvalue weighted by Gasteiger charge is -1.86. The summed E-state index contributed by atoms with van der Waals surface area (Å²) in [7, 11) is 0. The van der Waals surface area contributed by atoms with Crippen LogP contribution in [-0.4, -0.2) is 6.73 Å². The molecule has 0 aliphatic carbocycles. The minimum Gasteiger partial charge on any atom is -0.461 e. The third kappa shape index (κ3) is 0.631. The van der Waals surface area contributed by atoms with Crippen molar-refractivity contribution in [2.45, 2.75) is 0 Å². The molecule has 0 bridgehead atoms. The Balaban J connectivity index is 2.57. The number of nitrogens with zero attached hydrogens (tertiary/aromatic N) is 1. The quantitative estimate of drug-likeness (QED) is 0.450. The molecule has 0 spiro atoms. The third-order valence-electron chi connectivity index (χ3n) is 0.592. The van der Waals surface area contributed by atoms with Crippen molar-refractivity contribution in [1.82, 2.24) is 5.32 Å². The van der Waals surface area contributed by atoms with E-state index in [0.29, 0.717) is 6.73 Å². The van der Waals surface area contributed by atoms with Gasteiger partial charge in [0.2, 0.25) is 5.76 Å². The first-order valence-electron chi connectivity index (χ1n) is 1.82. The van der Waals surface area contributed by atoms with Crippen molar-refractivity contribution >= 4 is 0 Å². The van der Waals surface area contributed by atoms with Crippen LogP contribution in [-0.2, 0) is 4.74 Å². The highest BCUT2D eigenvalue weighted by atomic mass is 16.5. The zero-order chi connectivity index (χ0) is 5.11. The van der Waals surface area contributed by atoms with Crippen LogP contribution in [0.4, 0.5) is 0 Å². The second-order valence-corrected chi connectivity index (χ2v) is 1.03. The van der Waals surface area contributed by atoms with E-state index in [0.717, 1.165) is 0 Å². The Kier molecular flexibility index (Phi) is 0.868. The van der Waals surface area contributed by atoms with Gasteiger partial charge in [-0.25, -0.2) is 0 Å². The fraction of sp³-hybridized carbons (Fsp3) is 0.250. The number of ether oxygens (including phenoxy) is 1. The zero-order valence-corrected chi connectivity index (χ0v) is 3.56. The van der Waals surface area contributed by atoms with Crippen LogP contribution in [0.15, 0.2) is 5.76 Å². The van der Waals surface area contributed by atoms with Crippen molar-refractivity contribution < 1.29 is 4.74 Å². The van der Waals surface area contributed by atoms with Gasteiger partial charge in [-0.05, 0) is 0 Å². The molecule has 0 saturated carbocycles. The molecule has 0 aromatic carbocycles. The van der Waals surface area contributed by atoms with E-state index in [1.807, 2.05) is 0 Å². The molecular formula is C4H3N2O. The lowest BCUT2D eigenvalue weighted by molar-refractivity contribution is 0.246. The SMILES string of the molecule is N#CC1=[C]NCO1. The van der Waals surface area contributed by atoms with Gasteiger partial charge in [0.25, 0.3) is 0 Å². The molecule has 1 radical (unpaired) electrons. The summed E-state index contributed by atoms with van der Waals surface area (Å²) in [6, 6.07) is 1.78. The largest absolute Gasteiger partial charge is 0.461 e. The summed E-state index contributed by atoms with van der Waals surface area (Å²) in [6.45, 7) is 0.378. The van der Waals surface area contributed by atoms with E-state index >= 15 is 0 Å². The molecule has 0 aromatic heterocycles. The zero-order valence-electron chi connectivity index (χ0n) is 3.56. The molecule has 0 aromatic rings. The highest BCUT2D eigenvalue weighted by Gasteiger charge is 2.00. The van der Waals surface area contributed by atoms with Crippen LogP contribution < -0.4 is 5.32 Å². The Hall–Kier alpha value is -1.17. The lowest BCUT2D eigenvalue weighted by Crippen LogP contribution is -1.99. The number of nitrogens with one attached hydrogen (secondary N) is 1. The maximum Gasteiger partial charge on any atom is 0.224 e. The van der Waals surface area contributed by atoms with Gasteiger partial charge in [-0.2, -0.15) is 5.26 Å². The number of hydrogen-bond acceptors (Lipinski definition) is 3. The highest BCUT2D eigenvalue weighted by Crippen LogP contribution is 1.95. The molecule has 1 aliphatic heterocycles. The molecule has 0 atom stereocenters. The summed E-state index contributed by atoms with van der Waals surface area (Å²) in [6.07, 6.45) is 2.49. The molecule has 1 heterocycles. The Bertz CT molecular complexity index is 133. The second kappa shape index (κ2) is 1.52. The molecule has 0 amide bonds. The number of allylic oxidation sites excluding steroid dienone is 1. The Morgan fingerprint density at radius 3 is 3.14 bits per heavy atom. The summed E-state index contributed by atoms with van der Waals surface area (Å²) in [5, 5.41) is 10.6. The van der Waals surface area contributed by atoms with Gasteiger partial charge in [-0.1, -0.05) is 0 Å². The molecule has 3 heteroatoms. The van der Waals surface area contributed by atoms with Gasteiger partial charge in [0.05, 0.1) is 0 Å². The van der Waals surface area contributed by atoms with Gasteiger partial charge in [-0.15, -0.1) is 0 Å².